The number of carboxylic acid groups (broad SMARTS) is 1. The van der Waals surface area contributed by atoms with E-state index < -0.39 is 16.0 Å². The highest BCUT2D eigenvalue weighted by Gasteiger charge is 2.33. The number of carboxylic acids is 1. The zero-order valence-electron chi connectivity index (χ0n) is 12.0. The van der Waals surface area contributed by atoms with Crippen molar-refractivity contribution in [2.24, 2.45) is 0 Å². The van der Waals surface area contributed by atoms with Crippen LogP contribution in [0.4, 0.5) is 0 Å². The molecule has 1 unspecified atom stereocenters. The van der Waals surface area contributed by atoms with E-state index in [1.807, 2.05) is 6.92 Å². The summed E-state index contributed by atoms with van der Waals surface area (Å²) in [5.74, 6) is -1.10. The van der Waals surface area contributed by atoms with Crippen molar-refractivity contribution >= 4 is 27.3 Å². The zero-order chi connectivity index (χ0) is 15.6. The highest BCUT2D eigenvalue weighted by Crippen LogP contribution is 2.30. The Hall–Kier alpha value is -0.960. The van der Waals surface area contributed by atoms with Crippen LogP contribution in [0.5, 0.6) is 0 Å². The maximum Gasteiger partial charge on any atom is 0.345 e. The molecule has 0 amide bonds. The Bertz CT molecular complexity index is 621. The number of rotatable bonds is 5. The van der Waals surface area contributed by atoms with Gasteiger partial charge in [-0.25, -0.2) is 13.2 Å². The molecule has 1 fully saturated rings. The molecule has 118 valence electrons. The Kier molecular flexibility index (Phi) is 5.03. The molecule has 6 nitrogen and oxygen atoms in total. The van der Waals surface area contributed by atoms with Crippen molar-refractivity contribution in [3.05, 3.63) is 15.8 Å². The fourth-order valence-corrected chi connectivity index (χ4v) is 5.37. The van der Waals surface area contributed by atoms with Gasteiger partial charge in [-0.1, -0.05) is 0 Å². The summed E-state index contributed by atoms with van der Waals surface area (Å²) in [5, 5.41) is 8.99. The first-order chi connectivity index (χ1) is 9.86. The van der Waals surface area contributed by atoms with Gasteiger partial charge < -0.3 is 9.84 Å². The molecular formula is C13H19NO5S2. The summed E-state index contributed by atoms with van der Waals surface area (Å²) in [6.45, 7) is 4.85. The molecule has 0 saturated carbocycles. The smallest absolute Gasteiger partial charge is 0.345 e. The summed E-state index contributed by atoms with van der Waals surface area (Å²) < 4.78 is 32.3. The number of nitrogens with zero attached hydrogens (tertiary/aromatic N) is 1. The van der Waals surface area contributed by atoms with Gasteiger partial charge in [0.25, 0.3) is 0 Å². The van der Waals surface area contributed by atoms with Gasteiger partial charge in [0, 0.05) is 24.6 Å². The van der Waals surface area contributed by atoms with Crippen molar-refractivity contribution in [2.75, 3.05) is 19.7 Å². The Balaban J connectivity index is 2.27. The van der Waals surface area contributed by atoms with Crippen LogP contribution < -0.4 is 0 Å². The van der Waals surface area contributed by atoms with Crippen LogP contribution in [0.3, 0.4) is 0 Å². The normalized spacial score (nSPS) is 20.6. The molecule has 2 heterocycles. The van der Waals surface area contributed by atoms with Gasteiger partial charge in [0.05, 0.1) is 11.0 Å². The molecule has 0 aliphatic carbocycles. The van der Waals surface area contributed by atoms with Gasteiger partial charge in [-0.3, -0.25) is 0 Å². The Labute approximate surface area is 128 Å². The van der Waals surface area contributed by atoms with Crippen molar-refractivity contribution in [3.8, 4) is 0 Å². The second kappa shape index (κ2) is 6.43. The number of ether oxygens (including phenoxy) is 1. The molecule has 1 aliphatic heterocycles. The molecule has 2 rings (SSSR count). The molecule has 1 N–H and O–H groups in total. The minimum absolute atomic E-state index is 0.0458. The number of hydrogen-bond acceptors (Lipinski definition) is 5. The van der Waals surface area contributed by atoms with E-state index in [2.05, 4.69) is 0 Å². The van der Waals surface area contributed by atoms with Crippen molar-refractivity contribution in [3.63, 3.8) is 0 Å². The highest BCUT2D eigenvalue weighted by molar-refractivity contribution is 7.89. The Morgan fingerprint density at radius 1 is 1.57 bits per heavy atom. The molecule has 1 aromatic rings. The lowest BCUT2D eigenvalue weighted by Gasteiger charge is -2.31. The Morgan fingerprint density at radius 2 is 2.29 bits per heavy atom. The second-order valence-corrected chi connectivity index (χ2v) is 8.08. The third-order valence-electron chi connectivity index (χ3n) is 3.44. The van der Waals surface area contributed by atoms with E-state index >= 15 is 0 Å². The summed E-state index contributed by atoms with van der Waals surface area (Å²) in [6, 6.07) is 1.25. The van der Waals surface area contributed by atoms with E-state index in [1.165, 1.54) is 10.4 Å². The van der Waals surface area contributed by atoms with E-state index in [9.17, 15) is 13.2 Å². The molecule has 1 atom stereocenters. The maximum absolute atomic E-state index is 12.7. The van der Waals surface area contributed by atoms with Gasteiger partial charge in [0.2, 0.25) is 10.0 Å². The lowest BCUT2D eigenvalue weighted by atomic mass is 10.1. The average Bonchev–Trinajstić information content (AvgIpc) is 2.82. The standard InChI is InChI=1S/C13H19NO5S2/c1-3-19-10-5-4-6-14(8-10)21(17,18)12-7-11(13(15)16)20-9(12)2/h7,10H,3-6,8H2,1-2H3,(H,15,16). The van der Waals surface area contributed by atoms with E-state index in [4.69, 9.17) is 9.84 Å². The molecule has 1 aromatic heterocycles. The number of thiophene rings is 1. The van der Waals surface area contributed by atoms with Crippen molar-refractivity contribution in [1.82, 2.24) is 4.31 Å². The van der Waals surface area contributed by atoms with Crippen LogP contribution >= 0.6 is 11.3 Å². The van der Waals surface area contributed by atoms with Crippen LogP contribution in [0, 0.1) is 6.92 Å². The monoisotopic (exact) mass is 333 g/mol. The first-order valence-corrected chi connectivity index (χ1v) is 9.07. The Morgan fingerprint density at radius 3 is 2.86 bits per heavy atom. The number of aromatic carboxylic acids is 1. The van der Waals surface area contributed by atoms with Gasteiger partial charge in [-0.05, 0) is 32.8 Å². The van der Waals surface area contributed by atoms with E-state index in [0.29, 0.717) is 24.6 Å². The summed E-state index contributed by atoms with van der Waals surface area (Å²) in [4.78, 5) is 11.6. The molecular weight excluding hydrogens is 314 g/mol. The molecule has 1 aliphatic rings. The number of carbonyl (C=O) groups is 1. The van der Waals surface area contributed by atoms with Gasteiger partial charge in [-0.15, -0.1) is 11.3 Å². The second-order valence-electron chi connectivity index (χ2n) is 4.92. The molecule has 0 bridgehead atoms. The molecule has 0 aromatic carbocycles. The molecule has 21 heavy (non-hydrogen) atoms. The number of hydrogen-bond donors (Lipinski definition) is 1. The van der Waals surface area contributed by atoms with Crippen molar-refractivity contribution in [2.45, 2.75) is 37.7 Å². The van der Waals surface area contributed by atoms with Crippen LogP contribution in [0.25, 0.3) is 0 Å². The first-order valence-electron chi connectivity index (χ1n) is 6.81. The van der Waals surface area contributed by atoms with E-state index in [0.717, 1.165) is 24.2 Å². The quantitative estimate of drug-likeness (QED) is 0.890. The summed E-state index contributed by atoms with van der Waals surface area (Å²) in [5.41, 5.74) is 0. The minimum atomic E-state index is -3.66. The van der Waals surface area contributed by atoms with E-state index in [-0.39, 0.29) is 15.9 Å². The third-order valence-corrected chi connectivity index (χ3v) is 6.60. The maximum atomic E-state index is 12.7. The van der Waals surface area contributed by atoms with Gasteiger partial charge in [0.15, 0.2) is 0 Å². The van der Waals surface area contributed by atoms with Crippen LogP contribution in [0.15, 0.2) is 11.0 Å². The summed E-state index contributed by atoms with van der Waals surface area (Å²) in [6.07, 6.45) is 1.51. The highest BCUT2D eigenvalue weighted by atomic mass is 32.2. The van der Waals surface area contributed by atoms with Crippen LogP contribution in [-0.4, -0.2) is 49.6 Å². The van der Waals surface area contributed by atoms with Crippen molar-refractivity contribution in [1.29, 1.82) is 0 Å². The SMILES string of the molecule is CCOC1CCCN(S(=O)(=O)c2cc(C(=O)O)sc2C)C1. The number of aryl methyl sites for hydroxylation is 1. The average molecular weight is 333 g/mol. The number of piperidine rings is 1. The topological polar surface area (TPSA) is 83.9 Å². The largest absolute Gasteiger partial charge is 0.477 e. The molecule has 1 saturated heterocycles. The minimum Gasteiger partial charge on any atom is -0.477 e. The predicted molar refractivity (Wildman–Crippen MR) is 79.4 cm³/mol. The van der Waals surface area contributed by atoms with Crippen LogP contribution in [-0.2, 0) is 14.8 Å². The predicted octanol–water partition coefficient (Wildman–Crippen LogP) is 1.94. The fraction of sp³-hybridized carbons (Fsp3) is 0.615. The molecule has 0 radical (unpaired) electrons. The lowest BCUT2D eigenvalue weighted by Crippen LogP contribution is -2.43. The van der Waals surface area contributed by atoms with Gasteiger partial charge >= 0.3 is 5.97 Å². The van der Waals surface area contributed by atoms with Crippen LogP contribution in [0.1, 0.15) is 34.3 Å². The lowest BCUT2D eigenvalue weighted by molar-refractivity contribution is 0.0265. The number of sulfonamides is 1. The fourth-order valence-electron chi connectivity index (χ4n) is 2.46. The molecule has 8 heteroatoms. The van der Waals surface area contributed by atoms with Crippen LogP contribution in [0.2, 0.25) is 0 Å². The summed E-state index contributed by atoms with van der Waals surface area (Å²) >= 11 is 0.988. The van der Waals surface area contributed by atoms with Gasteiger partial charge in [-0.2, -0.15) is 4.31 Å². The summed E-state index contributed by atoms with van der Waals surface area (Å²) in [7, 11) is -3.66. The third kappa shape index (κ3) is 3.45. The first kappa shape index (κ1) is 16.4. The van der Waals surface area contributed by atoms with Gasteiger partial charge in [0.1, 0.15) is 4.88 Å². The zero-order valence-corrected chi connectivity index (χ0v) is 13.7. The van der Waals surface area contributed by atoms with E-state index in [1.54, 1.807) is 6.92 Å². The van der Waals surface area contributed by atoms with Crippen molar-refractivity contribution < 1.29 is 23.1 Å². The molecule has 0 spiro atoms.